The van der Waals surface area contributed by atoms with E-state index in [9.17, 15) is 5.11 Å². The number of nitrogens with zero attached hydrogens (tertiary/aromatic N) is 1. The van der Waals surface area contributed by atoms with Crippen LogP contribution in [0, 0.1) is 11.3 Å². The van der Waals surface area contributed by atoms with Crippen molar-refractivity contribution in [2.45, 2.75) is 83.3 Å². The van der Waals surface area contributed by atoms with Gasteiger partial charge in [-0.05, 0) is 62.8 Å². The molecule has 0 amide bonds. The fraction of sp³-hybridized carbons (Fsp3) is 1.00. The maximum atomic E-state index is 10.1. The fourth-order valence-corrected chi connectivity index (χ4v) is 5.23. The van der Waals surface area contributed by atoms with Gasteiger partial charge >= 0.3 is 0 Å². The summed E-state index contributed by atoms with van der Waals surface area (Å²) in [4.78, 5) is 2.77. The summed E-state index contributed by atoms with van der Waals surface area (Å²) in [6, 6.07) is 0.695. The lowest BCUT2D eigenvalue weighted by atomic mass is 9.67. The van der Waals surface area contributed by atoms with Crippen molar-refractivity contribution in [2.24, 2.45) is 11.3 Å². The predicted octanol–water partition coefficient (Wildman–Crippen LogP) is 3.58. The first kappa shape index (κ1) is 13.9. The van der Waals surface area contributed by atoms with Crippen molar-refractivity contribution in [3.05, 3.63) is 0 Å². The largest absolute Gasteiger partial charge is 0.393 e. The van der Waals surface area contributed by atoms with Gasteiger partial charge in [-0.1, -0.05) is 26.2 Å². The van der Waals surface area contributed by atoms with Crippen LogP contribution < -0.4 is 0 Å². The van der Waals surface area contributed by atoms with E-state index in [1.54, 1.807) is 0 Å². The summed E-state index contributed by atoms with van der Waals surface area (Å²) in [6.07, 6.45) is 13.2. The Hall–Kier alpha value is -0.0800. The van der Waals surface area contributed by atoms with Gasteiger partial charge < -0.3 is 5.11 Å². The normalized spacial score (nSPS) is 39.2. The SMILES string of the molecule is CCCC1CCN(C2CC(O)CCC23CCCC3)C1. The second-order valence-corrected chi connectivity index (χ2v) is 7.45. The van der Waals surface area contributed by atoms with E-state index in [2.05, 4.69) is 11.8 Å². The Bertz CT molecular complexity index is 298. The van der Waals surface area contributed by atoms with Crippen LogP contribution in [0.25, 0.3) is 0 Å². The van der Waals surface area contributed by atoms with E-state index >= 15 is 0 Å². The molecule has 1 N–H and O–H groups in total. The highest BCUT2D eigenvalue weighted by Gasteiger charge is 2.48. The van der Waals surface area contributed by atoms with Gasteiger partial charge in [0, 0.05) is 12.6 Å². The highest BCUT2D eigenvalue weighted by atomic mass is 16.3. The van der Waals surface area contributed by atoms with Crippen LogP contribution in [0.3, 0.4) is 0 Å². The first-order valence-electron chi connectivity index (χ1n) is 8.65. The fourth-order valence-electron chi connectivity index (χ4n) is 5.23. The molecule has 1 spiro atoms. The van der Waals surface area contributed by atoms with Crippen molar-refractivity contribution in [2.75, 3.05) is 13.1 Å². The summed E-state index contributed by atoms with van der Waals surface area (Å²) in [5.41, 5.74) is 0.584. The Labute approximate surface area is 118 Å². The van der Waals surface area contributed by atoms with Gasteiger partial charge in [0.2, 0.25) is 0 Å². The first-order valence-corrected chi connectivity index (χ1v) is 8.65. The lowest BCUT2D eigenvalue weighted by molar-refractivity contribution is -0.0191. The van der Waals surface area contributed by atoms with Crippen molar-refractivity contribution in [1.82, 2.24) is 4.90 Å². The van der Waals surface area contributed by atoms with Gasteiger partial charge in [0.05, 0.1) is 6.10 Å². The van der Waals surface area contributed by atoms with Crippen molar-refractivity contribution in [3.63, 3.8) is 0 Å². The molecule has 2 heteroatoms. The number of aliphatic hydroxyl groups excluding tert-OH is 1. The van der Waals surface area contributed by atoms with Gasteiger partial charge in [-0.3, -0.25) is 4.90 Å². The minimum absolute atomic E-state index is 0.0264. The van der Waals surface area contributed by atoms with Gasteiger partial charge in [0.15, 0.2) is 0 Å². The highest BCUT2D eigenvalue weighted by Crippen LogP contribution is 2.51. The standard InChI is InChI=1S/C17H31NO/c1-2-5-14-7-11-18(13-14)16-12-15(19)6-10-17(16)8-3-4-9-17/h14-16,19H,2-13H2,1H3. The second-order valence-electron chi connectivity index (χ2n) is 7.45. The van der Waals surface area contributed by atoms with E-state index in [0.29, 0.717) is 11.5 Å². The molecule has 3 fully saturated rings. The molecule has 1 heterocycles. The molecular weight excluding hydrogens is 234 g/mol. The van der Waals surface area contributed by atoms with Gasteiger partial charge in [0.1, 0.15) is 0 Å². The van der Waals surface area contributed by atoms with Crippen LogP contribution in [0.2, 0.25) is 0 Å². The van der Waals surface area contributed by atoms with Crippen LogP contribution in [-0.2, 0) is 0 Å². The van der Waals surface area contributed by atoms with Crippen LogP contribution in [0.1, 0.15) is 71.1 Å². The molecule has 2 aliphatic carbocycles. The van der Waals surface area contributed by atoms with E-state index in [1.807, 2.05) is 0 Å². The Morgan fingerprint density at radius 3 is 2.68 bits per heavy atom. The van der Waals surface area contributed by atoms with Gasteiger partial charge in [-0.2, -0.15) is 0 Å². The van der Waals surface area contributed by atoms with Gasteiger partial charge in [-0.25, -0.2) is 0 Å². The molecule has 110 valence electrons. The summed E-state index contributed by atoms with van der Waals surface area (Å²) in [5, 5.41) is 10.1. The van der Waals surface area contributed by atoms with Crippen molar-refractivity contribution in [1.29, 1.82) is 0 Å². The molecule has 1 aliphatic heterocycles. The molecule has 2 saturated carbocycles. The number of likely N-dealkylation sites (tertiary alicyclic amines) is 1. The Kier molecular flexibility index (Phi) is 4.19. The minimum atomic E-state index is -0.0264. The average Bonchev–Trinajstić information content (AvgIpc) is 3.03. The summed E-state index contributed by atoms with van der Waals surface area (Å²) in [5.74, 6) is 0.933. The molecule has 1 saturated heterocycles. The molecular formula is C17H31NO. The molecule has 3 atom stereocenters. The van der Waals surface area contributed by atoms with Crippen molar-refractivity contribution in [3.8, 4) is 0 Å². The van der Waals surface area contributed by atoms with E-state index in [0.717, 1.165) is 18.8 Å². The summed E-state index contributed by atoms with van der Waals surface area (Å²) in [7, 11) is 0. The third-order valence-corrected chi connectivity index (χ3v) is 6.23. The summed E-state index contributed by atoms with van der Waals surface area (Å²) in [6.45, 7) is 4.92. The van der Waals surface area contributed by atoms with Crippen LogP contribution in [0.4, 0.5) is 0 Å². The maximum absolute atomic E-state index is 10.1. The molecule has 0 aromatic heterocycles. The van der Waals surface area contributed by atoms with Gasteiger partial charge in [-0.15, -0.1) is 0 Å². The number of hydrogen-bond acceptors (Lipinski definition) is 2. The van der Waals surface area contributed by atoms with Crippen LogP contribution in [0.5, 0.6) is 0 Å². The zero-order valence-corrected chi connectivity index (χ0v) is 12.6. The number of aliphatic hydroxyl groups is 1. The first-order chi connectivity index (χ1) is 9.23. The molecule has 3 rings (SSSR count). The zero-order valence-electron chi connectivity index (χ0n) is 12.6. The lowest BCUT2D eigenvalue weighted by Crippen LogP contribution is -2.50. The predicted molar refractivity (Wildman–Crippen MR) is 79.1 cm³/mol. The number of hydrogen-bond donors (Lipinski definition) is 1. The molecule has 0 radical (unpaired) electrons. The lowest BCUT2D eigenvalue weighted by Gasteiger charge is -2.48. The van der Waals surface area contributed by atoms with Gasteiger partial charge in [0.25, 0.3) is 0 Å². The third kappa shape index (κ3) is 2.71. The molecule has 19 heavy (non-hydrogen) atoms. The molecule has 3 aliphatic rings. The quantitative estimate of drug-likeness (QED) is 0.843. The second kappa shape index (κ2) is 5.73. The van der Waals surface area contributed by atoms with E-state index in [4.69, 9.17) is 0 Å². The maximum Gasteiger partial charge on any atom is 0.0555 e. The molecule has 0 aromatic carbocycles. The van der Waals surface area contributed by atoms with Crippen LogP contribution >= 0.6 is 0 Å². The average molecular weight is 265 g/mol. The molecule has 3 unspecified atom stereocenters. The van der Waals surface area contributed by atoms with Crippen molar-refractivity contribution >= 4 is 0 Å². The van der Waals surface area contributed by atoms with Crippen molar-refractivity contribution < 1.29 is 5.11 Å². The summed E-state index contributed by atoms with van der Waals surface area (Å²) >= 11 is 0. The summed E-state index contributed by atoms with van der Waals surface area (Å²) < 4.78 is 0. The molecule has 0 aromatic rings. The Morgan fingerprint density at radius 1 is 1.16 bits per heavy atom. The van der Waals surface area contributed by atoms with Crippen LogP contribution in [-0.4, -0.2) is 35.2 Å². The minimum Gasteiger partial charge on any atom is -0.393 e. The van der Waals surface area contributed by atoms with Crippen LogP contribution in [0.15, 0.2) is 0 Å². The Morgan fingerprint density at radius 2 is 1.95 bits per heavy atom. The zero-order chi connectivity index (χ0) is 13.3. The van der Waals surface area contributed by atoms with E-state index in [1.165, 1.54) is 64.5 Å². The van der Waals surface area contributed by atoms with E-state index < -0.39 is 0 Å². The smallest absolute Gasteiger partial charge is 0.0555 e. The molecule has 0 bridgehead atoms. The number of rotatable bonds is 3. The molecule has 2 nitrogen and oxygen atoms in total. The Balaban J connectivity index is 1.69. The monoisotopic (exact) mass is 265 g/mol. The highest BCUT2D eigenvalue weighted by molar-refractivity contribution is 5.01. The third-order valence-electron chi connectivity index (χ3n) is 6.23. The topological polar surface area (TPSA) is 23.5 Å². The van der Waals surface area contributed by atoms with E-state index in [-0.39, 0.29) is 6.10 Å².